The van der Waals surface area contributed by atoms with Gasteiger partial charge in [0.25, 0.3) is 0 Å². The SMILES string of the molecule is COc1ccc(C(=O)CC(CC(=O)c2ccc(OC)cc2)CC(=O)c2ccc(OC)cc2)cc1. The van der Waals surface area contributed by atoms with Crippen molar-refractivity contribution in [3.05, 3.63) is 89.5 Å². The minimum atomic E-state index is -0.446. The van der Waals surface area contributed by atoms with Crippen LogP contribution in [0.4, 0.5) is 0 Å². The molecule has 0 unspecified atom stereocenters. The summed E-state index contributed by atoms with van der Waals surface area (Å²) in [7, 11) is 4.67. The lowest BCUT2D eigenvalue weighted by Gasteiger charge is -2.16. The minimum absolute atomic E-state index is 0.0795. The van der Waals surface area contributed by atoms with E-state index in [0.717, 1.165) is 0 Å². The maximum atomic E-state index is 13.0. The van der Waals surface area contributed by atoms with Crippen LogP contribution in [0.5, 0.6) is 17.2 Å². The van der Waals surface area contributed by atoms with Crippen molar-refractivity contribution in [3.63, 3.8) is 0 Å². The predicted molar refractivity (Wildman–Crippen MR) is 129 cm³/mol. The van der Waals surface area contributed by atoms with Crippen molar-refractivity contribution in [2.45, 2.75) is 19.3 Å². The van der Waals surface area contributed by atoms with Crippen LogP contribution in [0.1, 0.15) is 50.3 Å². The Balaban J connectivity index is 1.77. The molecule has 6 nitrogen and oxygen atoms in total. The molecule has 0 heterocycles. The molecule has 0 amide bonds. The monoisotopic (exact) mass is 460 g/mol. The highest BCUT2D eigenvalue weighted by Crippen LogP contribution is 2.24. The van der Waals surface area contributed by atoms with Crippen LogP contribution >= 0.6 is 0 Å². The third kappa shape index (κ3) is 6.54. The van der Waals surface area contributed by atoms with Gasteiger partial charge in [0.15, 0.2) is 17.3 Å². The Morgan fingerprint density at radius 1 is 0.500 bits per heavy atom. The third-order valence-corrected chi connectivity index (χ3v) is 5.66. The fraction of sp³-hybridized carbons (Fsp3) is 0.250. The van der Waals surface area contributed by atoms with Crippen LogP contribution in [-0.2, 0) is 0 Å². The molecule has 3 aromatic carbocycles. The first-order valence-corrected chi connectivity index (χ1v) is 10.9. The summed E-state index contributed by atoms with van der Waals surface area (Å²) in [5.41, 5.74) is 1.54. The molecule has 0 aliphatic carbocycles. The molecule has 6 heteroatoms. The van der Waals surface area contributed by atoms with Gasteiger partial charge in [-0.2, -0.15) is 0 Å². The van der Waals surface area contributed by atoms with E-state index in [9.17, 15) is 14.4 Å². The number of carbonyl (C=O) groups excluding carboxylic acids is 3. The van der Waals surface area contributed by atoms with Crippen LogP contribution in [0, 0.1) is 5.92 Å². The van der Waals surface area contributed by atoms with Crippen molar-refractivity contribution in [1.82, 2.24) is 0 Å². The lowest BCUT2D eigenvalue weighted by Crippen LogP contribution is -2.17. The molecule has 3 rings (SSSR count). The molecule has 3 aromatic rings. The fourth-order valence-electron chi connectivity index (χ4n) is 3.69. The van der Waals surface area contributed by atoms with Crippen molar-refractivity contribution in [2.75, 3.05) is 21.3 Å². The molecule has 0 spiro atoms. The van der Waals surface area contributed by atoms with Crippen LogP contribution in [0.25, 0.3) is 0 Å². The van der Waals surface area contributed by atoms with Crippen LogP contribution < -0.4 is 14.2 Å². The van der Waals surface area contributed by atoms with Gasteiger partial charge in [-0.1, -0.05) is 0 Å². The largest absolute Gasteiger partial charge is 0.497 e. The van der Waals surface area contributed by atoms with Crippen LogP contribution in [0.15, 0.2) is 72.8 Å². The van der Waals surface area contributed by atoms with Crippen molar-refractivity contribution < 1.29 is 28.6 Å². The number of Topliss-reactive ketones (excluding diaryl/α,β-unsaturated/α-hetero) is 3. The molecule has 0 aromatic heterocycles. The zero-order valence-corrected chi connectivity index (χ0v) is 19.6. The van der Waals surface area contributed by atoms with E-state index < -0.39 is 5.92 Å². The highest BCUT2D eigenvalue weighted by atomic mass is 16.5. The second-order valence-corrected chi connectivity index (χ2v) is 7.93. The topological polar surface area (TPSA) is 78.9 Å². The molecule has 0 N–H and O–H groups in total. The number of hydrogen-bond acceptors (Lipinski definition) is 6. The van der Waals surface area contributed by atoms with E-state index in [1.807, 2.05) is 0 Å². The normalized spacial score (nSPS) is 10.6. The molecular formula is C28H28O6. The highest BCUT2D eigenvalue weighted by molar-refractivity contribution is 6.01. The smallest absolute Gasteiger partial charge is 0.163 e. The molecule has 0 saturated heterocycles. The molecule has 0 fully saturated rings. The van der Waals surface area contributed by atoms with Crippen molar-refractivity contribution in [2.24, 2.45) is 5.92 Å². The third-order valence-electron chi connectivity index (χ3n) is 5.66. The van der Waals surface area contributed by atoms with Gasteiger partial charge >= 0.3 is 0 Å². The van der Waals surface area contributed by atoms with Crippen molar-refractivity contribution in [3.8, 4) is 17.2 Å². The Bertz CT molecular complexity index is 969. The van der Waals surface area contributed by atoms with E-state index in [1.54, 1.807) is 94.1 Å². The van der Waals surface area contributed by atoms with Crippen LogP contribution in [0.2, 0.25) is 0 Å². The van der Waals surface area contributed by atoms with E-state index in [4.69, 9.17) is 14.2 Å². The zero-order valence-electron chi connectivity index (χ0n) is 19.6. The first-order valence-electron chi connectivity index (χ1n) is 10.9. The molecule has 0 atom stereocenters. The summed E-state index contributed by atoms with van der Waals surface area (Å²) in [5, 5.41) is 0. The molecule has 176 valence electrons. The quantitative estimate of drug-likeness (QED) is 0.335. The number of benzene rings is 3. The van der Waals surface area contributed by atoms with Crippen molar-refractivity contribution >= 4 is 17.3 Å². The average Bonchev–Trinajstić information content (AvgIpc) is 2.88. The van der Waals surface area contributed by atoms with Gasteiger partial charge in [0.1, 0.15) is 17.2 Å². The number of ether oxygens (including phenoxy) is 3. The van der Waals surface area contributed by atoms with E-state index in [2.05, 4.69) is 0 Å². The maximum Gasteiger partial charge on any atom is 0.163 e. The number of ketones is 3. The first-order chi connectivity index (χ1) is 16.4. The number of carbonyl (C=O) groups is 3. The Morgan fingerprint density at radius 3 is 0.941 bits per heavy atom. The Labute approximate surface area is 199 Å². The van der Waals surface area contributed by atoms with Gasteiger partial charge in [-0.15, -0.1) is 0 Å². The summed E-state index contributed by atoms with van der Waals surface area (Å²) in [6.07, 6.45) is 0.238. The fourth-order valence-corrected chi connectivity index (χ4v) is 3.69. The summed E-state index contributed by atoms with van der Waals surface area (Å²) in [5.74, 6) is 1.12. The second kappa shape index (κ2) is 11.8. The van der Waals surface area contributed by atoms with Gasteiger partial charge in [-0.3, -0.25) is 14.4 Å². The number of methoxy groups -OCH3 is 3. The Kier molecular flexibility index (Phi) is 8.57. The standard InChI is InChI=1S/C28H28O6/c1-32-23-10-4-20(5-11-23)26(29)16-19(17-27(30)21-6-12-24(33-2)13-7-21)18-28(31)22-8-14-25(34-3)15-9-22/h4-15,19H,16-18H2,1-3H3. The molecule has 0 bridgehead atoms. The Morgan fingerprint density at radius 2 is 0.735 bits per heavy atom. The average molecular weight is 461 g/mol. The zero-order chi connectivity index (χ0) is 24.5. The van der Waals surface area contributed by atoms with Crippen LogP contribution in [-0.4, -0.2) is 38.7 Å². The lowest BCUT2D eigenvalue weighted by atomic mass is 9.86. The number of hydrogen-bond donors (Lipinski definition) is 0. The summed E-state index contributed by atoms with van der Waals surface area (Å²) in [6, 6.07) is 20.4. The first kappa shape index (κ1) is 24.7. The molecular weight excluding hydrogens is 432 g/mol. The molecule has 0 aliphatic heterocycles. The molecule has 0 radical (unpaired) electrons. The summed E-state index contributed by atoms with van der Waals surface area (Å²) < 4.78 is 15.4. The van der Waals surface area contributed by atoms with E-state index in [0.29, 0.717) is 33.9 Å². The van der Waals surface area contributed by atoms with Gasteiger partial charge in [-0.05, 0) is 78.7 Å². The Hall–Kier alpha value is -3.93. The molecule has 0 aliphatic rings. The second-order valence-electron chi connectivity index (χ2n) is 7.93. The summed E-state index contributed by atoms with van der Waals surface area (Å²) in [4.78, 5) is 38.9. The van der Waals surface area contributed by atoms with Crippen LogP contribution in [0.3, 0.4) is 0 Å². The number of rotatable bonds is 12. The van der Waals surface area contributed by atoms with Crippen molar-refractivity contribution in [1.29, 1.82) is 0 Å². The van der Waals surface area contributed by atoms with E-state index in [1.165, 1.54) is 0 Å². The van der Waals surface area contributed by atoms with Gasteiger partial charge in [0, 0.05) is 36.0 Å². The summed E-state index contributed by atoms with van der Waals surface area (Å²) in [6.45, 7) is 0. The summed E-state index contributed by atoms with van der Waals surface area (Å²) >= 11 is 0. The van der Waals surface area contributed by atoms with E-state index in [-0.39, 0.29) is 36.6 Å². The molecule has 34 heavy (non-hydrogen) atoms. The minimum Gasteiger partial charge on any atom is -0.497 e. The molecule has 0 saturated carbocycles. The maximum absolute atomic E-state index is 13.0. The van der Waals surface area contributed by atoms with Gasteiger partial charge in [0.05, 0.1) is 21.3 Å². The highest BCUT2D eigenvalue weighted by Gasteiger charge is 2.23. The lowest BCUT2D eigenvalue weighted by molar-refractivity contribution is 0.0885. The van der Waals surface area contributed by atoms with Gasteiger partial charge in [0.2, 0.25) is 0 Å². The van der Waals surface area contributed by atoms with Gasteiger partial charge in [-0.25, -0.2) is 0 Å². The van der Waals surface area contributed by atoms with E-state index >= 15 is 0 Å². The predicted octanol–water partition coefficient (Wildman–Crippen LogP) is 5.45. The van der Waals surface area contributed by atoms with Gasteiger partial charge < -0.3 is 14.2 Å².